The summed E-state index contributed by atoms with van der Waals surface area (Å²) in [7, 11) is -0.801. The van der Waals surface area contributed by atoms with Crippen LogP contribution < -0.4 is 14.8 Å². The molecule has 0 aliphatic rings. The topological polar surface area (TPSA) is 84.9 Å². The normalized spacial score (nSPS) is 11.2. The molecule has 0 unspecified atom stereocenters. The minimum atomic E-state index is -3.73. The van der Waals surface area contributed by atoms with Gasteiger partial charge in [-0.1, -0.05) is 30.3 Å². The Balaban J connectivity index is 1.60. The SMILES string of the molecule is COc1ccccc1Oc1ccc(NC(=O)CN(C)S(=O)(=O)c2ccccc2)cc1. The highest BCUT2D eigenvalue weighted by Crippen LogP contribution is 2.31. The molecule has 0 saturated carbocycles. The number of methoxy groups -OCH3 is 1. The summed E-state index contributed by atoms with van der Waals surface area (Å²) < 4.78 is 37.1. The summed E-state index contributed by atoms with van der Waals surface area (Å²) in [6.07, 6.45) is 0. The first-order valence-corrected chi connectivity index (χ1v) is 10.6. The Morgan fingerprint density at radius 3 is 2.13 bits per heavy atom. The van der Waals surface area contributed by atoms with Gasteiger partial charge in [0.2, 0.25) is 15.9 Å². The van der Waals surface area contributed by atoms with Gasteiger partial charge in [0.1, 0.15) is 5.75 Å². The summed E-state index contributed by atoms with van der Waals surface area (Å²) in [5, 5.41) is 2.68. The number of sulfonamides is 1. The lowest BCUT2D eigenvalue weighted by Gasteiger charge is -2.17. The minimum absolute atomic E-state index is 0.137. The van der Waals surface area contributed by atoms with E-state index in [1.165, 1.54) is 19.2 Å². The van der Waals surface area contributed by atoms with Crippen molar-refractivity contribution in [3.05, 3.63) is 78.9 Å². The van der Waals surface area contributed by atoms with Crippen molar-refractivity contribution in [3.8, 4) is 17.2 Å². The quantitative estimate of drug-likeness (QED) is 0.593. The maximum absolute atomic E-state index is 12.5. The lowest BCUT2D eigenvalue weighted by Crippen LogP contribution is -2.34. The smallest absolute Gasteiger partial charge is 0.243 e. The molecule has 3 aromatic rings. The molecule has 0 heterocycles. The molecule has 156 valence electrons. The van der Waals surface area contributed by atoms with Gasteiger partial charge < -0.3 is 14.8 Å². The first kappa shape index (κ1) is 21.4. The zero-order valence-corrected chi connectivity index (χ0v) is 17.4. The van der Waals surface area contributed by atoms with E-state index in [1.54, 1.807) is 61.7 Å². The van der Waals surface area contributed by atoms with Crippen LogP contribution in [0.5, 0.6) is 17.2 Å². The molecule has 30 heavy (non-hydrogen) atoms. The number of hydrogen-bond donors (Lipinski definition) is 1. The summed E-state index contributed by atoms with van der Waals surface area (Å²) in [5.74, 6) is 1.30. The number of ether oxygens (including phenoxy) is 2. The van der Waals surface area contributed by atoms with Crippen molar-refractivity contribution in [3.63, 3.8) is 0 Å². The van der Waals surface area contributed by atoms with Crippen molar-refractivity contribution in [1.82, 2.24) is 4.31 Å². The molecule has 0 aliphatic carbocycles. The van der Waals surface area contributed by atoms with Gasteiger partial charge in [-0.3, -0.25) is 4.79 Å². The monoisotopic (exact) mass is 426 g/mol. The van der Waals surface area contributed by atoms with Gasteiger partial charge in [0.15, 0.2) is 11.5 Å². The van der Waals surface area contributed by atoms with Crippen LogP contribution in [0.3, 0.4) is 0 Å². The van der Waals surface area contributed by atoms with E-state index in [1.807, 2.05) is 12.1 Å². The predicted molar refractivity (Wildman–Crippen MR) is 114 cm³/mol. The van der Waals surface area contributed by atoms with E-state index in [4.69, 9.17) is 9.47 Å². The van der Waals surface area contributed by atoms with E-state index in [2.05, 4.69) is 5.32 Å². The number of benzene rings is 3. The van der Waals surface area contributed by atoms with E-state index >= 15 is 0 Å². The number of nitrogens with one attached hydrogen (secondary N) is 1. The Bertz CT molecular complexity index is 1100. The zero-order valence-electron chi connectivity index (χ0n) is 16.6. The number of nitrogens with zero attached hydrogens (tertiary/aromatic N) is 1. The van der Waals surface area contributed by atoms with Gasteiger partial charge in [-0.25, -0.2) is 8.42 Å². The molecular weight excluding hydrogens is 404 g/mol. The van der Waals surface area contributed by atoms with E-state index in [0.29, 0.717) is 22.9 Å². The van der Waals surface area contributed by atoms with Crippen LogP contribution in [-0.2, 0) is 14.8 Å². The maximum Gasteiger partial charge on any atom is 0.243 e. The molecule has 0 aromatic heterocycles. The summed E-state index contributed by atoms with van der Waals surface area (Å²) >= 11 is 0. The molecule has 7 nitrogen and oxygen atoms in total. The summed E-state index contributed by atoms with van der Waals surface area (Å²) in [6.45, 7) is -0.309. The van der Waals surface area contributed by atoms with Crippen LogP contribution in [-0.4, -0.2) is 39.3 Å². The summed E-state index contributed by atoms with van der Waals surface area (Å²) in [6, 6.07) is 22.0. The zero-order chi connectivity index (χ0) is 21.6. The van der Waals surface area contributed by atoms with Gasteiger partial charge in [-0.05, 0) is 48.5 Å². The Kier molecular flexibility index (Phi) is 6.71. The van der Waals surface area contributed by atoms with E-state index in [0.717, 1.165) is 4.31 Å². The van der Waals surface area contributed by atoms with Crippen LogP contribution in [0.1, 0.15) is 0 Å². The molecule has 0 fully saturated rings. The number of para-hydroxylation sites is 2. The van der Waals surface area contributed by atoms with Gasteiger partial charge in [-0.2, -0.15) is 4.31 Å². The first-order chi connectivity index (χ1) is 14.4. The second-order valence-electron chi connectivity index (χ2n) is 6.40. The van der Waals surface area contributed by atoms with Gasteiger partial charge >= 0.3 is 0 Å². The Morgan fingerprint density at radius 2 is 1.50 bits per heavy atom. The highest BCUT2D eigenvalue weighted by atomic mass is 32.2. The van der Waals surface area contributed by atoms with E-state index < -0.39 is 15.9 Å². The second kappa shape index (κ2) is 9.43. The summed E-state index contributed by atoms with van der Waals surface area (Å²) in [4.78, 5) is 12.4. The molecule has 3 aromatic carbocycles. The van der Waals surface area contributed by atoms with Crippen molar-refractivity contribution in [2.75, 3.05) is 26.0 Å². The Morgan fingerprint density at radius 1 is 0.900 bits per heavy atom. The number of carbonyl (C=O) groups excluding carboxylic acids is 1. The fraction of sp³-hybridized carbons (Fsp3) is 0.136. The van der Waals surface area contributed by atoms with Crippen LogP contribution in [0.25, 0.3) is 0 Å². The fourth-order valence-electron chi connectivity index (χ4n) is 2.70. The molecule has 3 rings (SSSR count). The van der Waals surface area contributed by atoms with Crippen LogP contribution >= 0.6 is 0 Å². The molecule has 8 heteroatoms. The van der Waals surface area contributed by atoms with Crippen molar-refractivity contribution in [1.29, 1.82) is 0 Å². The number of hydrogen-bond acceptors (Lipinski definition) is 5. The number of anilines is 1. The number of likely N-dealkylation sites (N-methyl/N-ethyl adjacent to an activating group) is 1. The number of carbonyl (C=O) groups is 1. The Labute approximate surface area is 175 Å². The largest absolute Gasteiger partial charge is 0.493 e. The standard InChI is InChI=1S/C22H22N2O5S/c1-24(30(26,27)19-8-4-3-5-9-19)16-22(25)23-17-12-14-18(15-13-17)29-21-11-7-6-10-20(21)28-2/h3-15H,16H2,1-2H3,(H,23,25). The molecule has 0 bridgehead atoms. The molecule has 0 spiro atoms. The minimum Gasteiger partial charge on any atom is -0.493 e. The average Bonchev–Trinajstić information content (AvgIpc) is 2.76. The Hall–Kier alpha value is -3.36. The van der Waals surface area contributed by atoms with Crippen molar-refractivity contribution in [2.45, 2.75) is 4.90 Å². The van der Waals surface area contributed by atoms with E-state index in [9.17, 15) is 13.2 Å². The number of amides is 1. The molecular formula is C22H22N2O5S. The van der Waals surface area contributed by atoms with Gasteiger partial charge in [0.05, 0.1) is 18.6 Å². The van der Waals surface area contributed by atoms with Crippen LogP contribution in [0.2, 0.25) is 0 Å². The lowest BCUT2D eigenvalue weighted by atomic mass is 10.3. The average molecular weight is 426 g/mol. The molecule has 0 saturated heterocycles. The molecule has 0 aliphatic heterocycles. The number of rotatable bonds is 8. The predicted octanol–water partition coefficient (Wildman–Crippen LogP) is 3.75. The molecule has 0 atom stereocenters. The van der Waals surface area contributed by atoms with Crippen molar-refractivity contribution < 1.29 is 22.7 Å². The van der Waals surface area contributed by atoms with Gasteiger partial charge in [0, 0.05) is 12.7 Å². The van der Waals surface area contributed by atoms with E-state index in [-0.39, 0.29) is 11.4 Å². The third-order valence-electron chi connectivity index (χ3n) is 4.25. The van der Waals surface area contributed by atoms with Crippen molar-refractivity contribution in [2.24, 2.45) is 0 Å². The molecule has 1 N–H and O–H groups in total. The molecule has 0 radical (unpaired) electrons. The summed E-state index contributed by atoms with van der Waals surface area (Å²) in [5.41, 5.74) is 0.526. The molecule has 1 amide bonds. The first-order valence-electron chi connectivity index (χ1n) is 9.12. The van der Waals surface area contributed by atoms with Crippen LogP contribution in [0.15, 0.2) is 83.8 Å². The third-order valence-corrected chi connectivity index (χ3v) is 6.07. The maximum atomic E-state index is 12.5. The lowest BCUT2D eigenvalue weighted by molar-refractivity contribution is -0.116. The van der Waals surface area contributed by atoms with Gasteiger partial charge in [0.25, 0.3) is 0 Å². The van der Waals surface area contributed by atoms with Gasteiger partial charge in [-0.15, -0.1) is 0 Å². The fourth-order valence-corrected chi connectivity index (χ4v) is 3.84. The second-order valence-corrected chi connectivity index (χ2v) is 8.44. The van der Waals surface area contributed by atoms with Crippen molar-refractivity contribution >= 4 is 21.6 Å². The van der Waals surface area contributed by atoms with Crippen LogP contribution in [0.4, 0.5) is 5.69 Å². The highest BCUT2D eigenvalue weighted by molar-refractivity contribution is 7.89. The van der Waals surface area contributed by atoms with Crippen LogP contribution in [0, 0.1) is 0 Å². The third kappa shape index (κ3) is 5.16. The highest BCUT2D eigenvalue weighted by Gasteiger charge is 2.22.